The molecule has 0 fully saturated rings. The predicted octanol–water partition coefficient (Wildman–Crippen LogP) is 4.92. The van der Waals surface area contributed by atoms with Gasteiger partial charge in [-0.25, -0.2) is 0 Å². The van der Waals surface area contributed by atoms with E-state index in [0.29, 0.717) is 12.1 Å². The fraction of sp³-hybridized carbons (Fsp3) is 0.143. The van der Waals surface area contributed by atoms with Crippen molar-refractivity contribution in [1.82, 2.24) is 0 Å². The maximum Gasteiger partial charge on any atom is 0.416 e. The fourth-order valence-electron chi connectivity index (χ4n) is 1.66. The molecule has 0 saturated carbocycles. The Morgan fingerprint density at radius 3 is 2.42 bits per heavy atom. The molecular weight excluding hydrogens is 366 g/mol. The maximum atomic E-state index is 12.6. The van der Waals surface area contributed by atoms with Crippen LogP contribution >= 0.6 is 22.6 Å². The molecule has 1 N–H and O–H groups in total. The maximum absolute atomic E-state index is 12.6. The number of nitrogens with one attached hydrogen (secondary N) is 1. The Hall–Kier alpha value is -1.24. The molecule has 0 heterocycles. The molecule has 0 atom stereocenters. The van der Waals surface area contributed by atoms with Crippen molar-refractivity contribution in [2.75, 3.05) is 5.32 Å². The standard InChI is InChI=1S/C14H11F3IN/c15-14(16,17)11-5-3-4-10(8-11)9-19-13-7-2-1-6-12(13)18/h1-8,19H,9H2. The zero-order valence-electron chi connectivity index (χ0n) is 9.84. The molecule has 0 aliphatic rings. The lowest BCUT2D eigenvalue weighted by Gasteiger charge is -2.11. The van der Waals surface area contributed by atoms with Gasteiger partial charge in [0.15, 0.2) is 0 Å². The normalized spacial score (nSPS) is 11.4. The lowest BCUT2D eigenvalue weighted by molar-refractivity contribution is -0.137. The highest BCUT2D eigenvalue weighted by atomic mass is 127. The zero-order valence-corrected chi connectivity index (χ0v) is 12.0. The van der Waals surface area contributed by atoms with Gasteiger partial charge < -0.3 is 5.32 Å². The minimum absolute atomic E-state index is 0.365. The van der Waals surface area contributed by atoms with Gasteiger partial charge in [-0.1, -0.05) is 24.3 Å². The van der Waals surface area contributed by atoms with Gasteiger partial charge in [0.05, 0.1) is 5.56 Å². The Bertz CT molecular complexity index is 567. The summed E-state index contributed by atoms with van der Waals surface area (Å²) < 4.78 is 38.8. The molecule has 2 aromatic rings. The van der Waals surface area contributed by atoms with Crippen molar-refractivity contribution in [2.24, 2.45) is 0 Å². The average Bonchev–Trinajstić information content (AvgIpc) is 2.37. The molecule has 0 unspecified atom stereocenters. The van der Waals surface area contributed by atoms with E-state index in [0.717, 1.165) is 15.3 Å². The fourth-order valence-corrected chi connectivity index (χ4v) is 2.24. The minimum Gasteiger partial charge on any atom is -0.380 e. The largest absolute Gasteiger partial charge is 0.416 e. The average molecular weight is 377 g/mol. The van der Waals surface area contributed by atoms with E-state index in [4.69, 9.17) is 0 Å². The minimum atomic E-state index is -4.29. The van der Waals surface area contributed by atoms with Gasteiger partial charge in [-0.15, -0.1) is 0 Å². The molecule has 0 saturated heterocycles. The predicted molar refractivity (Wildman–Crippen MR) is 77.9 cm³/mol. The highest BCUT2D eigenvalue weighted by Gasteiger charge is 2.30. The van der Waals surface area contributed by atoms with Crippen LogP contribution in [0.4, 0.5) is 18.9 Å². The van der Waals surface area contributed by atoms with Crippen LogP contribution in [0.3, 0.4) is 0 Å². The van der Waals surface area contributed by atoms with Gasteiger partial charge in [-0.05, 0) is 52.4 Å². The number of anilines is 1. The van der Waals surface area contributed by atoms with Crippen molar-refractivity contribution in [3.8, 4) is 0 Å². The number of hydrogen-bond acceptors (Lipinski definition) is 1. The van der Waals surface area contributed by atoms with Crippen LogP contribution in [0.25, 0.3) is 0 Å². The van der Waals surface area contributed by atoms with Crippen LogP contribution in [0, 0.1) is 3.57 Å². The van der Waals surface area contributed by atoms with Crippen molar-refractivity contribution in [3.05, 3.63) is 63.2 Å². The Kier molecular flexibility index (Phi) is 4.34. The SMILES string of the molecule is FC(F)(F)c1cccc(CNc2ccccc2I)c1. The Balaban J connectivity index is 2.10. The van der Waals surface area contributed by atoms with Crippen molar-refractivity contribution in [2.45, 2.75) is 12.7 Å². The van der Waals surface area contributed by atoms with E-state index in [2.05, 4.69) is 27.9 Å². The van der Waals surface area contributed by atoms with Crippen molar-refractivity contribution < 1.29 is 13.2 Å². The van der Waals surface area contributed by atoms with E-state index in [-0.39, 0.29) is 0 Å². The van der Waals surface area contributed by atoms with Gasteiger partial charge >= 0.3 is 6.18 Å². The Morgan fingerprint density at radius 2 is 1.74 bits per heavy atom. The summed E-state index contributed by atoms with van der Waals surface area (Å²) in [6, 6.07) is 13.0. The van der Waals surface area contributed by atoms with Crippen molar-refractivity contribution in [1.29, 1.82) is 0 Å². The molecule has 5 heteroatoms. The Morgan fingerprint density at radius 1 is 1.00 bits per heavy atom. The van der Waals surface area contributed by atoms with Crippen LogP contribution in [0.2, 0.25) is 0 Å². The molecular formula is C14H11F3IN. The zero-order chi connectivity index (χ0) is 13.9. The van der Waals surface area contributed by atoms with E-state index in [9.17, 15) is 13.2 Å². The third kappa shape index (κ3) is 3.86. The summed E-state index contributed by atoms with van der Waals surface area (Å²) in [5, 5.41) is 3.13. The first-order valence-electron chi connectivity index (χ1n) is 5.61. The second kappa shape index (κ2) is 5.81. The second-order valence-corrected chi connectivity index (χ2v) is 5.19. The molecule has 2 rings (SSSR count). The van der Waals surface area contributed by atoms with Crippen LogP contribution in [-0.2, 0) is 12.7 Å². The monoisotopic (exact) mass is 377 g/mol. The summed E-state index contributed by atoms with van der Waals surface area (Å²) in [4.78, 5) is 0. The molecule has 19 heavy (non-hydrogen) atoms. The number of benzene rings is 2. The van der Waals surface area contributed by atoms with Crippen LogP contribution in [0.1, 0.15) is 11.1 Å². The quantitative estimate of drug-likeness (QED) is 0.749. The number of para-hydroxylation sites is 1. The number of hydrogen-bond donors (Lipinski definition) is 1. The van der Waals surface area contributed by atoms with Gasteiger partial charge in [-0.2, -0.15) is 13.2 Å². The summed E-state index contributed by atoms with van der Waals surface area (Å²) in [7, 11) is 0. The third-order valence-corrected chi connectivity index (χ3v) is 3.55. The van der Waals surface area contributed by atoms with Crippen molar-refractivity contribution >= 4 is 28.3 Å². The number of rotatable bonds is 3. The topological polar surface area (TPSA) is 12.0 Å². The molecule has 0 bridgehead atoms. The summed E-state index contributed by atoms with van der Waals surface area (Å²) in [5.41, 5.74) is 0.907. The van der Waals surface area contributed by atoms with Crippen molar-refractivity contribution in [3.63, 3.8) is 0 Å². The highest BCUT2D eigenvalue weighted by Crippen LogP contribution is 2.29. The molecule has 0 aromatic heterocycles. The summed E-state index contributed by atoms with van der Waals surface area (Å²) in [6.45, 7) is 0.365. The van der Waals surface area contributed by atoms with E-state index < -0.39 is 11.7 Å². The molecule has 0 spiro atoms. The molecule has 0 amide bonds. The van der Waals surface area contributed by atoms with Gasteiger partial charge in [0.1, 0.15) is 0 Å². The van der Waals surface area contributed by atoms with Gasteiger partial charge in [-0.3, -0.25) is 0 Å². The number of halogens is 4. The van der Waals surface area contributed by atoms with E-state index >= 15 is 0 Å². The lowest BCUT2D eigenvalue weighted by Crippen LogP contribution is -2.07. The summed E-state index contributed by atoms with van der Waals surface area (Å²) in [6.07, 6.45) is -4.29. The summed E-state index contributed by atoms with van der Waals surface area (Å²) in [5.74, 6) is 0. The van der Waals surface area contributed by atoms with Crippen LogP contribution in [-0.4, -0.2) is 0 Å². The highest BCUT2D eigenvalue weighted by molar-refractivity contribution is 14.1. The smallest absolute Gasteiger partial charge is 0.380 e. The number of alkyl halides is 3. The van der Waals surface area contributed by atoms with Gasteiger partial charge in [0, 0.05) is 15.8 Å². The van der Waals surface area contributed by atoms with Gasteiger partial charge in [0.2, 0.25) is 0 Å². The lowest BCUT2D eigenvalue weighted by atomic mass is 10.1. The molecule has 0 aliphatic carbocycles. The van der Waals surface area contributed by atoms with Crippen LogP contribution < -0.4 is 5.32 Å². The van der Waals surface area contributed by atoms with Crippen LogP contribution in [0.5, 0.6) is 0 Å². The first-order chi connectivity index (χ1) is 8.97. The first-order valence-corrected chi connectivity index (χ1v) is 6.69. The molecule has 0 radical (unpaired) electrons. The molecule has 100 valence electrons. The van der Waals surface area contributed by atoms with Crippen LogP contribution in [0.15, 0.2) is 48.5 Å². The Labute approximate surface area is 123 Å². The summed E-state index contributed by atoms with van der Waals surface area (Å²) >= 11 is 2.18. The van der Waals surface area contributed by atoms with E-state index in [1.54, 1.807) is 6.07 Å². The van der Waals surface area contributed by atoms with Gasteiger partial charge in [0.25, 0.3) is 0 Å². The third-order valence-electron chi connectivity index (χ3n) is 2.61. The molecule has 2 aromatic carbocycles. The molecule has 0 aliphatic heterocycles. The second-order valence-electron chi connectivity index (χ2n) is 4.03. The molecule has 1 nitrogen and oxygen atoms in total. The first kappa shape index (κ1) is 14.2. The van der Waals surface area contributed by atoms with E-state index in [1.807, 2.05) is 24.3 Å². The van der Waals surface area contributed by atoms with E-state index in [1.165, 1.54) is 12.1 Å².